The minimum absolute atomic E-state index is 0.124. The Morgan fingerprint density at radius 3 is 2.73 bits per heavy atom. The van der Waals surface area contributed by atoms with E-state index in [2.05, 4.69) is 37.1 Å². The fraction of sp³-hybridized carbons (Fsp3) is 0.714. The Morgan fingerprint density at radius 1 is 1.18 bits per heavy atom. The average molecular weight is 453 g/mol. The van der Waals surface area contributed by atoms with E-state index in [0.717, 1.165) is 42.8 Å². The van der Waals surface area contributed by atoms with Crippen LogP contribution in [0.4, 0.5) is 0 Å². The highest BCUT2D eigenvalue weighted by molar-refractivity contribution is 5.91. The first-order valence-corrected chi connectivity index (χ1v) is 13.0. The van der Waals surface area contributed by atoms with Crippen molar-refractivity contribution in [3.63, 3.8) is 0 Å². The third kappa shape index (κ3) is 3.71. The molecule has 5 heteroatoms. The fourth-order valence-corrected chi connectivity index (χ4v) is 8.46. The third-order valence-corrected chi connectivity index (χ3v) is 10.2. The van der Waals surface area contributed by atoms with Crippen LogP contribution in [0, 0.1) is 34.5 Å². The molecule has 0 bridgehead atoms. The Bertz CT molecular complexity index is 928. The summed E-state index contributed by atoms with van der Waals surface area (Å²) in [4.78, 5) is 16.0. The summed E-state index contributed by atoms with van der Waals surface area (Å²) in [6, 6.07) is 3.60. The van der Waals surface area contributed by atoms with Gasteiger partial charge in [-0.25, -0.2) is 4.98 Å². The quantitative estimate of drug-likeness (QED) is 0.620. The van der Waals surface area contributed by atoms with Gasteiger partial charge in [0, 0.05) is 13.0 Å². The number of hydrogen-bond acceptors (Lipinski definition) is 4. The van der Waals surface area contributed by atoms with Crippen LogP contribution in [-0.2, 0) is 0 Å². The van der Waals surface area contributed by atoms with Gasteiger partial charge in [-0.2, -0.15) is 0 Å². The number of allylic oxidation sites excluding steroid dienone is 1. The number of fused-ring (bicyclic) bond motifs is 5. The van der Waals surface area contributed by atoms with Gasteiger partial charge in [-0.1, -0.05) is 25.5 Å². The SMILES string of the molecule is CNC(=O)c1ccc(O[C@@H](C)[C@H]2CC[C@H]3[C@@H]4CC=C5C[C@@H](O)CC[C@]5(C)[C@H]4CC[C@]23C)cn1. The minimum Gasteiger partial charge on any atom is -0.489 e. The van der Waals surface area contributed by atoms with E-state index in [0.29, 0.717) is 22.4 Å². The number of rotatable bonds is 4. The van der Waals surface area contributed by atoms with E-state index in [1.165, 1.54) is 32.1 Å². The van der Waals surface area contributed by atoms with E-state index < -0.39 is 0 Å². The van der Waals surface area contributed by atoms with Crippen molar-refractivity contribution in [1.29, 1.82) is 0 Å². The van der Waals surface area contributed by atoms with Gasteiger partial charge in [0.25, 0.3) is 5.91 Å². The minimum atomic E-state index is -0.177. The number of aliphatic hydroxyl groups is 1. The van der Waals surface area contributed by atoms with Crippen LogP contribution >= 0.6 is 0 Å². The molecule has 1 aromatic rings. The van der Waals surface area contributed by atoms with Gasteiger partial charge in [0.05, 0.1) is 18.4 Å². The van der Waals surface area contributed by atoms with Gasteiger partial charge in [0.2, 0.25) is 0 Å². The van der Waals surface area contributed by atoms with E-state index in [9.17, 15) is 9.90 Å². The molecule has 2 N–H and O–H groups in total. The topological polar surface area (TPSA) is 71.5 Å². The molecule has 1 heterocycles. The second-order valence-electron chi connectivity index (χ2n) is 11.7. The Morgan fingerprint density at radius 2 is 2.00 bits per heavy atom. The normalized spacial score (nSPS) is 40.6. The monoisotopic (exact) mass is 452 g/mol. The smallest absolute Gasteiger partial charge is 0.269 e. The lowest BCUT2D eigenvalue weighted by Gasteiger charge is -2.58. The first-order valence-electron chi connectivity index (χ1n) is 13.0. The lowest BCUT2D eigenvalue weighted by molar-refractivity contribution is -0.0643. The number of hydrogen-bond donors (Lipinski definition) is 2. The molecular formula is C28H40N2O3. The standard InChI is InChI=1S/C28H40N2O3/c1-17(33-20-6-10-25(30-16-20)26(32)29-4)22-8-9-23-21-7-5-18-15-19(31)11-13-27(18,2)24(21)12-14-28(22,23)3/h5-6,10,16-17,19,21-24,31H,7-9,11-15H2,1-4H3,(H,29,32)/t17-,19-,21-,22+,23-,24-,27-,28+/m0/s1. The number of carbonyl (C=O) groups excluding carboxylic acids is 1. The maximum absolute atomic E-state index is 11.8. The summed E-state index contributed by atoms with van der Waals surface area (Å²) in [7, 11) is 1.61. The second kappa shape index (κ2) is 8.41. The zero-order valence-electron chi connectivity index (χ0n) is 20.6. The highest BCUT2D eigenvalue weighted by Crippen LogP contribution is 2.66. The van der Waals surface area contributed by atoms with Crippen molar-refractivity contribution in [2.24, 2.45) is 34.5 Å². The number of ether oxygens (including phenoxy) is 1. The number of nitrogens with zero attached hydrogens (tertiary/aromatic N) is 1. The summed E-state index contributed by atoms with van der Waals surface area (Å²) in [5.41, 5.74) is 2.57. The van der Waals surface area contributed by atoms with Crippen LogP contribution in [-0.4, -0.2) is 35.3 Å². The largest absolute Gasteiger partial charge is 0.489 e. The third-order valence-electron chi connectivity index (χ3n) is 10.2. The molecule has 1 amide bonds. The molecule has 3 fully saturated rings. The van der Waals surface area contributed by atoms with Crippen LogP contribution in [0.1, 0.15) is 82.6 Å². The van der Waals surface area contributed by atoms with Crippen LogP contribution in [0.5, 0.6) is 5.75 Å². The molecule has 0 radical (unpaired) electrons. The Labute approximate surface area is 198 Å². The summed E-state index contributed by atoms with van der Waals surface area (Å²) in [5, 5.41) is 12.9. The van der Waals surface area contributed by atoms with Crippen molar-refractivity contribution in [2.45, 2.75) is 84.3 Å². The molecule has 0 aromatic carbocycles. The molecule has 0 spiro atoms. The highest BCUT2D eigenvalue weighted by atomic mass is 16.5. The maximum Gasteiger partial charge on any atom is 0.269 e. The molecule has 0 saturated heterocycles. The molecule has 5 rings (SSSR count). The number of aromatic nitrogens is 1. The molecule has 8 atom stereocenters. The van der Waals surface area contributed by atoms with E-state index in [4.69, 9.17) is 4.74 Å². The van der Waals surface area contributed by atoms with Crippen LogP contribution in [0.2, 0.25) is 0 Å². The second-order valence-corrected chi connectivity index (χ2v) is 11.7. The molecule has 3 saturated carbocycles. The van der Waals surface area contributed by atoms with Crippen LogP contribution in [0.3, 0.4) is 0 Å². The predicted molar refractivity (Wildman–Crippen MR) is 129 cm³/mol. The van der Waals surface area contributed by atoms with E-state index in [-0.39, 0.29) is 18.1 Å². The predicted octanol–water partition coefficient (Wildman–Crippen LogP) is 5.15. The van der Waals surface area contributed by atoms with Crippen molar-refractivity contribution in [3.05, 3.63) is 35.7 Å². The van der Waals surface area contributed by atoms with Crippen molar-refractivity contribution < 1.29 is 14.6 Å². The molecule has 180 valence electrons. The summed E-state index contributed by atoms with van der Waals surface area (Å²) < 4.78 is 6.40. The molecule has 5 nitrogen and oxygen atoms in total. The summed E-state index contributed by atoms with van der Waals surface area (Å²) in [5.74, 6) is 3.38. The molecule has 33 heavy (non-hydrogen) atoms. The first-order chi connectivity index (χ1) is 15.8. The number of aliphatic hydroxyl groups excluding tert-OH is 1. The Hall–Kier alpha value is -1.88. The van der Waals surface area contributed by atoms with Gasteiger partial charge in [-0.15, -0.1) is 0 Å². The molecule has 1 aromatic heterocycles. The van der Waals surface area contributed by atoms with Gasteiger partial charge in [0.1, 0.15) is 11.4 Å². The van der Waals surface area contributed by atoms with Gasteiger partial charge >= 0.3 is 0 Å². The first kappa shape index (κ1) is 22.9. The fourth-order valence-electron chi connectivity index (χ4n) is 8.46. The van der Waals surface area contributed by atoms with E-state index in [1.807, 2.05) is 6.07 Å². The number of nitrogens with one attached hydrogen (secondary N) is 1. The molecule has 0 unspecified atom stereocenters. The van der Waals surface area contributed by atoms with Crippen molar-refractivity contribution in [1.82, 2.24) is 10.3 Å². The summed E-state index contributed by atoms with van der Waals surface area (Å²) >= 11 is 0. The van der Waals surface area contributed by atoms with Gasteiger partial charge in [0.15, 0.2) is 0 Å². The molecular weight excluding hydrogens is 412 g/mol. The van der Waals surface area contributed by atoms with Gasteiger partial charge < -0.3 is 15.2 Å². The zero-order chi connectivity index (χ0) is 23.4. The molecule has 0 aliphatic heterocycles. The highest BCUT2D eigenvalue weighted by Gasteiger charge is 2.59. The number of amides is 1. The van der Waals surface area contributed by atoms with Crippen LogP contribution < -0.4 is 10.1 Å². The number of carbonyl (C=O) groups is 1. The summed E-state index contributed by atoms with van der Waals surface area (Å²) in [6.07, 6.45) is 13.5. The Balaban J connectivity index is 1.31. The van der Waals surface area contributed by atoms with E-state index in [1.54, 1.807) is 24.9 Å². The average Bonchev–Trinajstić information content (AvgIpc) is 3.17. The van der Waals surface area contributed by atoms with Crippen molar-refractivity contribution in [3.8, 4) is 5.75 Å². The van der Waals surface area contributed by atoms with Gasteiger partial charge in [-0.3, -0.25) is 4.79 Å². The van der Waals surface area contributed by atoms with E-state index >= 15 is 0 Å². The summed E-state index contributed by atoms with van der Waals surface area (Å²) in [6.45, 7) is 7.25. The number of pyridine rings is 1. The molecule has 4 aliphatic carbocycles. The van der Waals surface area contributed by atoms with Crippen LogP contribution in [0.15, 0.2) is 30.0 Å². The lowest BCUT2D eigenvalue weighted by atomic mass is 9.47. The Kier molecular flexibility index (Phi) is 5.83. The molecule has 4 aliphatic rings. The zero-order valence-corrected chi connectivity index (χ0v) is 20.6. The lowest BCUT2D eigenvalue weighted by Crippen LogP contribution is -2.51. The maximum atomic E-state index is 11.8. The van der Waals surface area contributed by atoms with Gasteiger partial charge in [-0.05, 0) is 99.0 Å². The van der Waals surface area contributed by atoms with Crippen LogP contribution in [0.25, 0.3) is 0 Å². The van der Waals surface area contributed by atoms with Crippen molar-refractivity contribution in [2.75, 3.05) is 7.05 Å². The van der Waals surface area contributed by atoms with Crippen molar-refractivity contribution >= 4 is 5.91 Å².